The highest BCUT2D eigenvalue weighted by molar-refractivity contribution is 5.70. The second-order valence-corrected chi connectivity index (χ2v) is 6.87. The van der Waals surface area contributed by atoms with Crippen LogP contribution in [0.5, 0.6) is 5.75 Å². The molecule has 2 rings (SSSR count). The van der Waals surface area contributed by atoms with Crippen molar-refractivity contribution < 1.29 is 14.7 Å². The normalized spacial score (nSPS) is 21.8. The molecule has 5 heteroatoms. The topological polar surface area (TPSA) is 61.5 Å². The Bertz CT molecular complexity index is 482. The van der Waals surface area contributed by atoms with E-state index in [2.05, 4.69) is 5.32 Å². The van der Waals surface area contributed by atoms with Crippen LogP contribution in [0.15, 0.2) is 30.3 Å². The first kappa shape index (κ1) is 15.8. The van der Waals surface area contributed by atoms with Crippen LogP contribution in [0, 0.1) is 0 Å². The van der Waals surface area contributed by atoms with Crippen molar-refractivity contribution in [2.75, 3.05) is 0 Å². The van der Waals surface area contributed by atoms with Gasteiger partial charge >= 0.3 is 6.09 Å². The summed E-state index contributed by atoms with van der Waals surface area (Å²) in [5.74, 6) is 0.509. The highest BCUT2D eigenvalue weighted by Gasteiger charge is 2.46. The van der Waals surface area contributed by atoms with Crippen molar-refractivity contribution in [1.82, 2.24) is 10.4 Å². The minimum Gasteiger partial charge on any atom is -0.410 e. The van der Waals surface area contributed by atoms with E-state index in [-0.39, 0.29) is 6.04 Å². The van der Waals surface area contributed by atoms with Gasteiger partial charge in [0.2, 0.25) is 0 Å². The molecule has 1 aromatic rings. The number of hydrogen-bond acceptors (Lipinski definition) is 3. The molecule has 0 atom stereocenters. The van der Waals surface area contributed by atoms with Gasteiger partial charge in [-0.2, -0.15) is 0 Å². The van der Waals surface area contributed by atoms with E-state index in [0.29, 0.717) is 18.6 Å². The molecule has 1 aliphatic heterocycles. The van der Waals surface area contributed by atoms with E-state index in [9.17, 15) is 10.0 Å². The minimum atomic E-state index is -0.507. The number of carbonyl (C=O) groups excluding carboxylic acids is 1. The van der Waals surface area contributed by atoms with Crippen molar-refractivity contribution in [1.29, 1.82) is 0 Å². The summed E-state index contributed by atoms with van der Waals surface area (Å²) in [6, 6.07) is 8.87. The summed E-state index contributed by atoms with van der Waals surface area (Å²) in [4.78, 5) is 12.0. The lowest BCUT2D eigenvalue weighted by Gasteiger charge is -2.49. The molecule has 5 nitrogen and oxygen atoms in total. The van der Waals surface area contributed by atoms with Gasteiger partial charge in [-0.15, -0.1) is 10.3 Å². The molecule has 0 saturated carbocycles. The van der Waals surface area contributed by atoms with Gasteiger partial charge in [0.1, 0.15) is 5.75 Å². The van der Waals surface area contributed by atoms with Crippen molar-refractivity contribution >= 4 is 6.09 Å². The van der Waals surface area contributed by atoms with Crippen molar-refractivity contribution in [2.45, 2.75) is 57.7 Å². The predicted molar refractivity (Wildman–Crippen MR) is 79.3 cm³/mol. The number of rotatable bonds is 2. The molecular formula is C16H23N2O3. The van der Waals surface area contributed by atoms with Crippen molar-refractivity contribution in [3.63, 3.8) is 0 Å². The molecule has 0 unspecified atom stereocenters. The first-order valence-electron chi connectivity index (χ1n) is 7.22. The minimum absolute atomic E-state index is 0.0728. The monoisotopic (exact) mass is 291 g/mol. The van der Waals surface area contributed by atoms with Crippen LogP contribution < -0.4 is 10.1 Å². The molecule has 0 bridgehead atoms. The Kier molecular flexibility index (Phi) is 4.25. The molecule has 1 N–H and O–H groups in total. The Labute approximate surface area is 125 Å². The van der Waals surface area contributed by atoms with Crippen LogP contribution in [0.1, 0.15) is 40.5 Å². The lowest BCUT2D eigenvalue weighted by molar-refractivity contribution is -0.289. The third-order valence-corrected chi connectivity index (χ3v) is 3.87. The summed E-state index contributed by atoms with van der Waals surface area (Å²) in [6.07, 6.45) is 0.727. The van der Waals surface area contributed by atoms with Crippen LogP contribution >= 0.6 is 0 Å². The molecular weight excluding hydrogens is 268 g/mol. The Morgan fingerprint density at radius 3 is 2.19 bits per heavy atom. The highest BCUT2D eigenvalue weighted by Crippen LogP contribution is 2.36. The number of hydrogen-bond donors (Lipinski definition) is 1. The van der Waals surface area contributed by atoms with E-state index in [0.717, 1.165) is 5.06 Å². The first-order valence-corrected chi connectivity index (χ1v) is 7.22. The van der Waals surface area contributed by atoms with Crippen LogP contribution in [0.25, 0.3) is 0 Å². The smallest absolute Gasteiger partial charge is 0.410 e. The number of hydroxylamine groups is 2. The molecule has 115 valence electrons. The molecule has 21 heavy (non-hydrogen) atoms. The number of ether oxygens (including phenoxy) is 1. The molecule has 1 saturated heterocycles. The number of nitrogens with one attached hydrogen (secondary N) is 1. The van der Waals surface area contributed by atoms with Gasteiger partial charge < -0.3 is 10.1 Å². The standard InChI is InChI=1S/C16H23N2O3/c1-15(2)10-12(11-16(3,4)18(15)20)17-14(19)21-13-8-6-5-7-9-13/h5-9,12H,10-11H2,1-4H3,(H,17,19). The molecule has 1 heterocycles. The molecule has 1 radical (unpaired) electrons. The summed E-state index contributed by atoms with van der Waals surface area (Å²) >= 11 is 0. The molecule has 1 fully saturated rings. The van der Waals surface area contributed by atoms with E-state index in [1.807, 2.05) is 45.9 Å². The largest absolute Gasteiger partial charge is 0.412 e. The maximum Gasteiger partial charge on any atom is 0.412 e. The van der Waals surface area contributed by atoms with E-state index >= 15 is 0 Å². The van der Waals surface area contributed by atoms with Gasteiger partial charge in [0.25, 0.3) is 0 Å². The number of benzene rings is 1. The van der Waals surface area contributed by atoms with E-state index in [1.165, 1.54) is 0 Å². The third kappa shape index (κ3) is 3.74. The van der Waals surface area contributed by atoms with Gasteiger partial charge in [-0.25, -0.2) is 4.79 Å². The van der Waals surface area contributed by atoms with E-state index < -0.39 is 17.2 Å². The molecule has 0 aromatic heterocycles. The van der Waals surface area contributed by atoms with Gasteiger partial charge in [-0.3, -0.25) is 0 Å². The van der Waals surface area contributed by atoms with Gasteiger partial charge in [-0.1, -0.05) is 18.2 Å². The second-order valence-electron chi connectivity index (χ2n) is 6.87. The summed E-state index contributed by atoms with van der Waals surface area (Å²) in [7, 11) is 0. The van der Waals surface area contributed by atoms with Gasteiger partial charge in [0.15, 0.2) is 0 Å². The maximum absolute atomic E-state index is 12.3. The third-order valence-electron chi connectivity index (χ3n) is 3.87. The summed E-state index contributed by atoms with van der Waals surface area (Å²) in [6.45, 7) is 7.60. The van der Waals surface area contributed by atoms with E-state index in [4.69, 9.17) is 4.74 Å². The van der Waals surface area contributed by atoms with Crippen LogP contribution in [-0.4, -0.2) is 28.3 Å². The van der Waals surface area contributed by atoms with Crippen LogP contribution in [0.2, 0.25) is 0 Å². The molecule has 1 aromatic carbocycles. The Balaban J connectivity index is 1.98. The number of para-hydroxylation sites is 1. The Hall–Kier alpha value is -1.59. The number of amides is 1. The zero-order valence-corrected chi connectivity index (χ0v) is 13.1. The van der Waals surface area contributed by atoms with Crippen molar-refractivity contribution in [3.8, 4) is 5.75 Å². The van der Waals surface area contributed by atoms with Gasteiger partial charge in [0, 0.05) is 17.1 Å². The van der Waals surface area contributed by atoms with Gasteiger partial charge in [-0.05, 0) is 52.7 Å². The Morgan fingerprint density at radius 2 is 1.67 bits per heavy atom. The van der Waals surface area contributed by atoms with Crippen LogP contribution in [-0.2, 0) is 5.21 Å². The average Bonchev–Trinajstić information content (AvgIpc) is 2.36. The quantitative estimate of drug-likeness (QED) is 0.910. The lowest BCUT2D eigenvalue weighted by atomic mass is 9.79. The molecule has 1 aliphatic rings. The van der Waals surface area contributed by atoms with Crippen molar-refractivity contribution in [2.24, 2.45) is 0 Å². The number of carbonyl (C=O) groups is 1. The highest BCUT2D eigenvalue weighted by atomic mass is 16.6. The molecule has 0 spiro atoms. The number of nitrogens with zero attached hydrogens (tertiary/aromatic N) is 1. The lowest BCUT2D eigenvalue weighted by Crippen LogP contribution is -2.62. The summed E-state index contributed by atoms with van der Waals surface area (Å²) in [5, 5.41) is 16.3. The van der Waals surface area contributed by atoms with E-state index in [1.54, 1.807) is 12.1 Å². The summed E-state index contributed by atoms with van der Waals surface area (Å²) in [5.41, 5.74) is -1.01. The van der Waals surface area contributed by atoms with Crippen LogP contribution in [0.4, 0.5) is 4.79 Å². The molecule has 1 amide bonds. The Morgan fingerprint density at radius 1 is 1.14 bits per heavy atom. The maximum atomic E-state index is 12.3. The van der Waals surface area contributed by atoms with Crippen LogP contribution in [0.3, 0.4) is 0 Å². The summed E-state index contributed by atoms with van der Waals surface area (Å²) < 4.78 is 5.24. The predicted octanol–water partition coefficient (Wildman–Crippen LogP) is 3.14. The molecule has 0 aliphatic carbocycles. The fraction of sp³-hybridized carbons (Fsp3) is 0.562. The van der Waals surface area contributed by atoms with Crippen molar-refractivity contribution in [3.05, 3.63) is 30.3 Å². The average molecular weight is 291 g/mol. The SMILES string of the molecule is CC1(C)CC(NC(=O)Oc2ccccc2)CC(C)(C)N1[O]. The fourth-order valence-corrected chi connectivity index (χ4v) is 3.16. The number of piperidine rings is 1. The second kappa shape index (κ2) is 5.66. The fourth-order valence-electron chi connectivity index (χ4n) is 3.16. The zero-order chi connectivity index (χ0) is 15.7. The zero-order valence-electron chi connectivity index (χ0n) is 13.1. The first-order chi connectivity index (χ1) is 9.71. The van der Waals surface area contributed by atoms with Gasteiger partial charge in [0.05, 0.1) is 0 Å².